The molecule has 0 fully saturated rings. The SMILES string of the molecule is CC1Cc2ccccc2N1S(=O)(=O)c1cccnc1Cl. The van der Waals surface area contributed by atoms with Crippen LogP contribution in [0.1, 0.15) is 12.5 Å². The number of para-hydroxylation sites is 1. The minimum atomic E-state index is -3.69. The molecule has 1 aromatic heterocycles. The predicted octanol–water partition coefficient (Wildman–Crippen LogP) is 2.87. The molecule has 0 radical (unpaired) electrons. The van der Waals surface area contributed by atoms with Gasteiger partial charge in [-0.3, -0.25) is 4.31 Å². The maximum atomic E-state index is 12.8. The number of hydrogen-bond acceptors (Lipinski definition) is 3. The second kappa shape index (κ2) is 4.75. The zero-order valence-corrected chi connectivity index (χ0v) is 12.4. The molecule has 104 valence electrons. The van der Waals surface area contributed by atoms with E-state index in [0.29, 0.717) is 6.42 Å². The summed E-state index contributed by atoms with van der Waals surface area (Å²) < 4.78 is 27.1. The average Bonchev–Trinajstić information content (AvgIpc) is 2.75. The van der Waals surface area contributed by atoms with Gasteiger partial charge in [0.1, 0.15) is 10.0 Å². The molecule has 1 aliphatic rings. The van der Waals surface area contributed by atoms with E-state index >= 15 is 0 Å². The molecule has 0 aliphatic carbocycles. The number of pyridine rings is 1. The molecule has 1 aromatic carbocycles. The molecule has 0 spiro atoms. The molecule has 1 aliphatic heterocycles. The van der Waals surface area contributed by atoms with Crippen LogP contribution in [0.3, 0.4) is 0 Å². The summed E-state index contributed by atoms with van der Waals surface area (Å²) in [4.78, 5) is 3.90. The molecule has 1 atom stereocenters. The number of sulfonamides is 1. The van der Waals surface area contributed by atoms with Gasteiger partial charge in [-0.2, -0.15) is 0 Å². The van der Waals surface area contributed by atoms with Gasteiger partial charge in [0.2, 0.25) is 0 Å². The Kier molecular flexibility index (Phi) is 3.18. The van der Waals surface area contributed by atoms with Crippen molar-refractivity contribution in [1.29, 1.82) is 0 Å². The molecule has 0 N–H and O–H groups in total. The quantitative estimate of drug-likeness (QED) is 0.802. The maximum absolute atomic E-state index is 12.8. The summed E-state index contributed by atoms with van der Waals surface area (Å²) in [5, 5.41) is 0.00378. The van der Waals surface area contributed by atoms with Gasteiger partial charge in [0.25, 0.3) is 10.0 Å². The number of rotatable bonds is 2. The van der Waals surface area contributed by atoms with Crippen LogP contribution in [0.15, 0.2) is 47.5 Å². The standard InChI is InChI=1S/C14H13ClN2O2S/c1-10-9-11-5-2-3-6-12(11)17(10)20(18,19)13-7-4-8-16-14(13)15/h2-8,10H,9H2,1H3. The first-order valence-corrected chi connectivity index (χ1v) is 8.06. The molecule has 20 heavy (non-hydrogen) atoms. The highest BCUT2D eigenvalue weighted by molar-refractivity contribution is 7.93. The Morgan fingerprint density at radius 3 is 2.75 bits per heavy atom. The zero-order chi connectivity index (χ0) is 14.3. The van der Waals surface area contributed by atoms with Gasteiger partial charge < -0.3 is 0 Å². The minimum Gasteiger partial charge on any atom is -0.263 e. The Hall–Kier alpha value is -1.59. The van der Waals surface area contributed by atoms with E-state index < -0.39 is 10.0 Å². The molecule has 0 saturated heterocycles. The van der Waals surface area contributed by atoms with E-state index in [0.717, 1.165) is 11.3 Å². The third-order valence-corrected chi connectivity index (χ3v) is 5.78. The van der Waals surface area contributed by atoms with Gasteiger partial charge in [0, 0.05) is 12.2 Å². The van der Waals surface area contributed by atoms with Crippen molar-refractivity contribution < 1.29 is 8.42 Å². The smallest absolute Gasteiger partial charge is 0.263 e. The van der Waals surface area contributed by atoms with Gasteiger partial charge in [0.05, 0.1) is 5.69 Å². The highest BCUT2D eigenvalue weighted by Crippen LogP contribution is 2.37. The monoisotopic (exact) mass is 308 g/mol. The van der Waals surface area contributed by atoms with Gasteiger partial charge in [-0.1, -0.05) is 29.8 Å². The molecular weight excluding hydrogens is 296 g/mol. The molecule has 2 heterocycles. The number of anilines is 1. The number of benzene rings is 1. The van der Waals surface area contributed by atoms with Crippen LogP contribution in [0.5, 0.6) is 0 Å². The molecule has 2 aromatic rings. The highest BCUT2D eigenvalue weighted by Gasteiger charge is 2.36. The van der Waals surface area contributed by atoms with E-state index in [2.05, 4.69) is 4.98 Å². The second-order valence-electron chi connectivity index (χ2n) is 4.78. The summed E-state index contributed by atoms with van der Waals surface area (Å²) in [6, 6.07) is 10.5. The summed E-state index contributed by atoms with van der Waals surface area (Å²) in [7, 11) is -3.69. The first-order chi connectivity index (χ1) is 9.51. The Morgan fingerprint density at radius 1 is 1.25 bits per heavy atom. The van der Waals surface area contributed by atoms with Crippen molar-refractivity contribution in [2.45, 2.75) is 24.3 Å². The zero-order valence-electron chi connectivity index (χ0n) is 10.8. The number of fused-ring (bicyclic) bond motifs is 1. The van der Waals surface area contributed by atoms with E-state index in [1.807, 2.05) is 31.2 Å². The van der Waals surface area contributed by atoms with Crippen molar-refractivity contribution in [3.8, 4) is 0 Å². The van der Waals surface area contributed by atoms with E-state index in [-0.39, 0.29) is 16.1 Å². The molecular formula is C14H13ClN2O2S. The van der Waals surface area contributed by atoms with E-state index in [4.69, 9.17) is 11.6 Å². The highest BCUT2D eigenvalue weighted by atomic mass is 35.5. The average molecular weight is 309 g/mol. The van der Waals surface area contributed by atoms with Crippen LogP contribution in [0.2, 0.25) is 5.15 Å². The third kappa shape index (κ3) is 1.98. The summed E-state index contributed by atoms with van der Waals surface area (Å²) in [5.41, 5.74) is 1.75. The maximum Gasteiger partial charge on any atom is 0.267 e. The summed E-state index contributed by atoms with van der Waals surface area (Å²) in [5.74, 6) is 0. The van der Waals surface area contributed by atoms with Crippen molar-refractivity contribution in [1.82, 2.24) is 4.98 Å². The molecule has 6 heteroatoms. The lowest BCUT2D eigenvalue weighted by atomic mass is 10.1. The van der Waals surface area contributed by atoms with Crippen molar-refractivity contribution >= 4 is 27.3 Å². The molecule has 1 unspecified atom stereocenters. The van der Waals surface area contributed by atoms with E-state index in [1.165, 1.54) is 16.6 Å². The van der Waals surface area contributed by atoms with Crippen LogP contribution in [0.4, 0.5) is 5.69 Å². The molecule has 3 rings (SSSR count). The van der Waals surface area contributed by atoms with E-state index in [9.17, 15) is 8.42 Å². The second-order valence-corrected chi connectivity index (χ2v) is 6.92. The first kappa shape index (κ1) is 13.4. The number of nitrogens with zero attached hydrogens (tertiary/aromatic N) is 2. The fraction of sp³-hybridized carbons (Fsp3) is 0.214. The lowest BCUT2D eigenvalue weighted by Crippen LogP contribution is -2.35. The molecule has 4 nitrogen and oxygen atoms in total. The van der Waals surface area contributed by atoms with Gasteiger partial charge in [-0.15, -0.1) is 0 Å². The van der Waals surface area contributed by atoms with Crippen LogP contribution in [-0.2, 0) is 16.4 Å². The van der Waals surface area contributed by atoms with E-state index in [1.54, 1.807) is 6.07 Å². The lowest BCUT2D eigenvalue weighted by Gasteiger charge is -2.24. The minimum absolute atomic E-state index is 0.00378. The molecule has 0 saturated carbocycles. The normalized spacial score (nSPS) is 18.1. The summed E-state index contributed by atoms with van der Waals surface area (Å²) in [6.07, 6.45) is 2.18. The number of halogens is 1. The Balaban J connectivity index is 2.16. The van der Waals surface area contributed by atoms with Crippen LogP contribution in [0.25, 0.3) is 0 Å². The van der Waals surface area contributed by atoms with Crippen LogP contribution in [0, 0.1) is 0 Å². The molecule has 0 amide bonds. The summed E-state index contributed by atoms with van der Waals surface area (Å²) in [6.45, 7) is 1.89. The summed E-state index contributed by atoms with van der Waals surface area (Å²) >= 11 is 5.95. The van der Waals surface area contributed by atoms with Gasteiger partial charge in [-0.25, -0.2) is 13.4 Å². The third-order valence-electron chi connectivity index (χ3n) is 3.41. The predicted molar refractivity (Wildman–Crippen MR) is 78.5 cm³/mol. The van der Waals surface area contributed by atoms with Crippen molar-refractivity contribution in [2.24, 2.45) is 0 Å². The lowest BCUT2D eigenvalue weighted by molar-refractivity contribution is 0.584. The first-order valence-electron chi connectivity index (χ1n) is 6.24. The number of aromatic nitrogens is 1. The Labute approximate surface area is 123 Å². The van der Waals surface area contributed by atoms with Gasteiger partial charge in [-0.05, 0) is 37.1 Å². The Morgan fingerprint density at radius 2 is 2.00 bits per heavy atom. The fourth-order valence-electron chi connectivity index (χ4n) is 2.57. The van der Waals surface area contributed by atoms with Crippen LogP contribution in [-0.4, -0.2) is 19.4 Å². The van der Waals surface area contributed by atoms with Gasteiger partial charge >= 0.3 is 0 Å². The Bertz CT molecular complexity index is 761. The topological polar surface area (TPSA) is 50.3 Å². The van der Waals surface area contributed by atoms with Crippen molar-refractivity contribution in [2.75, 3.05) is 4.31 Å². The largest absolute Gasteiger partial charge is 0.267 e. The molecule has 0 bridgehead atoms. The van der Waals surface area contributed by atoms with Crippen molar-refractivity contribution in [3.05, 3.63) is 53.3 Å². The van der Waals surface area contributed by atoms with Crippen molar-refractivity contribution in [3.63, 3.8) is 0 Å². The number of hydrogen-bond donors (Lipinski definition) is 0. The fourth-order valence-corrected chi connectivity index (χ4v) is 4.70. The van der Waals surface area contributed by atoms with Gasteiger partial charge in [0.15, 0.2) is 0 Å². The van der Waals surface area contributed by atoms with Crippen LogP contribution >= 0.6 is 11.6 Å². The van der Waals surface area contributed by atoms with Crippen LogP contribution < -0.4 is 4.31 Å².